The first-order chi connectivity index (χ1) is 12.6. The minimum atomic E-state index is -0.346. The van der Waals surface area contributed by atoms with E-state index in [-0.39, 0.29) is 29.9 Å². The lowest BCUT2D eigenvalue weighted by Gasteiger charge is -2.19. The van der Waals surface area contributed by atoms with Crippen molar-refractivity contribution in [3.8, 4) is 17.2 Å². The average molecular weight is 352 g/mol. The monoisotopic (exact) mass is 352 g/mol. The van der Waals surface area contributed by atoms with Gasteiger partial charge < -0.3 is 14.8 Å². The number of amides is 1. The van der Waals surface area contributed by atoms with Crippen molar-refractivity contribution < 1.29 is 14.3 Å². The van der Waals surface area contributed by atoms with Crippen LogP contribution in [0.15, 0.2) is 47.4 Å². The second kappa shape index (κ2) is 6.71. The van der Waals surface area contributed by atoms with E-state index < -0.39 is 0 Å². The van der Waals surface area contributed by atoms with Gasteiger partial charge in [0.05, 0.1) is 5.69 Å². The highest BCUT2D eigenvalue weighted by atomic mass is 16.7. The molecule has 0 bridgehead atoms. The van der Waals surface area contributed by atoms with Gasteiger partial charge in [0.1, 0.15) is 5.56 Å². The van der Waals surface area contributed by atoms with Crippen LogP contribution in [0.4, 0.5) is 0 Å². The summed E-state index contributed by atoms with van der Waals surface area (Å²) in [7, 11) is 0. The van der Waals surface area contributed by atoms with Crippen LogP contribution < -0.4 is 20.3 Å². The average Bonchev–Trinajstić information content (AvgIpc) is 3.10. The van der Waals surface area contributed by atoms with E-state index in [9.17, 15) is 9.59 Å². The zero-order valence-electron chi connectivity index (χ0n) is 14.5. The van der Waals surface area contributed by atoms with Crippen LogP contribution in [-0.2, 0) is 0 Å². The largest absolute Gasteiger partial charge is 0.454 e. The van der Waals surface area contributed by atoms with Crippen LogP contribution in [0.25, 0.3) is 5.69 Å². The molecular formula is C20H20N2O4. The lowest BCUT2D eigenvalue weighted by molar-refractivity contribution is 0.0939. The van der Waals surface area contributed by atoms with Crippen LogP contribution in [0.1, 0.15) is 35.2 Å². The molecule has 1 aliphatic heterocycles. The Kier molecular flexibility index (Phi) is 4.24. The van der Waals surface area contributed by atoms with Gasteiger partial charge in [-0.3, -0.25) is 14.2 Å². The molecule has 1 unspecified atom stereocenters. The Morgan fingerprint density at radius 3 is 2.88 bits per heavy atom. The summed E-state index contributed by atoms with van der Waals surface area (Å²) in [5, 5.41) is 2.95. The van der Waals surface area contributed by atoms with Crippen LogP contribution in [0, 0.1) is 6.92 Å². The smallest absolute Gasteiger partial charge is 0.268 e. The fourth-order valence-electron chi connectivity index (χ4n) is 3.31. The molecule has 0 spiro atoms. The molecule has 134 valence electrons. The molecule has 0 saturated heterocycles. The van der Waals surface area contributed by atoms with Gasteiger partial charge in [0, 0.05) is 18.3 Å². The van der Waals surface area contributed by atoms with Crippen molar-refractivity contribution in [1.29, 1.82) is 0 Å². The molecule has 2 heterocycles. The Labute approximate surface area is 151 Å². The third-order valence-electron chi connectivity index (χ3n) is 4.73. The minimum Gasteiger partial charge on any atom is -0.454 e. The summed E-state index contributed by atoms with van der Waals surface area (Å²) in [6.07, 6.45) is 8.70. The number of aromatic nitrogens is 1. The SMILES string of the molecule is Cc1ccn(-c2ccc3c(c2)OCO3)c(=O)c1C(=O)NC1C=CCCC1. The van der Waals surface area contributed by atoms with Gasteiger partial charge in [-0.1, -0.05) is 12.2 Å². The summed E-state index contributed by atoms with van der Waals surface area (Å²) in [5.74, 6) is 0.906. The number of nitrogens with one attached hydrogen (secondary N) is 1. The normalized spacial score (nSPS) is 18.0. The number of pyridine rings is 1. The lowest BCUT2D eigenvalue weighted by atomic mass is 10.0. The van der Waals surface area contributed by atoms with E-state index in [1.54, 1.807) is 37.4 Å². The molecule has 1 aromatic heterocycles. The summed E-state index contributed by atoms with van der Waals surface area (Å²) in [6.45, 7) is 1.95. The molecule has 2 aromatic rings. The molecule has 1 atom stereocenters. The highest BCUT2D eigenvalue weighted by molar-refractivity contribution is 5.95. The molecule has 1 N–H and O–H groups in total. The second-order valence-corrected chi connectivity index (χ2v) is 6.53. The molecule has 4 rings (SSSR count). The number of rotatable bonds is 3. The summed E-state index contributed by atoms with van der Waals surface area (Å²) >= 11 is 0. The molecule has 1 aromatic carbocycles. The Balaban J connectivity index is 1.69. The van der Waals surface area contributed by atoms with Crippen LogP contribution >= 0.6 is 0 Å². The van der Waals surface area contributed by atoms with Gasteiger partial charge in [0.2, 0.25) is 6.79 Å². The number of ether oxygens (including phenoxy) is 2. The molecular weight excluding hydrogens is 332 g/mol. The Hall–Kier alpha value is -3.02. The third kappa shape index (κ3) is 2.98. The molecule has 1 aliphatic carbocycles. The minimum absolute atomic E-state index is 0.0192. The van der Waals surface area contributed by atoms with E-state index >= 15 is 0 Å². The van der Waals surface area contributed by atoms with Crippen molar-refractivity contribution in [2.24, 2.45) is 0 Å². The van der Waals surface area contributed by atoms with Crippen molar-refractivity contribution in [3.05, 3.63) is 64.1 Å². The van der Waals surface area contributed by atoms with E-state index in [1.165, 1.54) is 4.57 Å². The lowest BCUT2D eigenvalue weighted by Crippen LogP contribution is -2.39. The first-order valence-corrected chi connectivity index (χ1v) is 8.73. The number of allylic oxidation sites excluding steroid dienone is 1. The first-order valence-electron chi connectivity index (χ1n) is 8.73. The van der Waals surface area contributed by atoms with E-state index in [2.05, 4.69) is 11.4 Å². The molecule has 0 saturated carbocycles. The molecule has 6 heteroatoms. The summed E-state index contributed by atoms with van der Waals surface area (Å²) in [5.41, 5.74) is 1.11. The van der Waals surface area contributed by atoms with E-state index in [1.807, 2.05) is 6.08 Å². The quantitative estimate of drug-likeness (QED) is 0.863. The fourth-order valence-corrected chi connectivity index (χ4v) is 3.31. The van der Waals surface area contributed by atoms with Gasteiger partial charge in [0.25, 0.3) is 11.5 Å². The summed E-state index contributed by atoms with van der Waals surface area (Å²) in [4.78, 5) is 25.7. The maximum Gasteiger partial charge on any atom is 0.268 e. The summed E-state index contributed by atoms with van der Waals surface area (Å²) < 4.78 is 12.1. The number of benzene rings is 1. The number of fused-ring (bicyclic) bond motifs is 1. The van der Waals surface area contributed by atoms with Crippen molar-refractivity contribution in [3.63, 3.8) is 0 Å². The molecule has 26 heavy (non-hydrogen) atoms. The van der Waals surface area contributed by atoms with E-state index in [4.69, 9.17) is 9.47 Å². The van der Waals surface area contributed by atoms with Gasteiger partial charge in [0.15, 0.2) is 11.5 Å². The van der Waals surface area contributed by atoms with Crippen molar-refractivity contribution in [1.82, 2.24) is 9.88 Å². The summed E-state index contributed by atoms with van der Waals surface area (Å²) in [6, 6.07) is 7.03. The molecule has 0 fully saturated rings. The predicted molar refractivity (Wildman–Crippen MR) is 97.1 cm³/mol. The van der Waals surface area contributed by atoms with Crippen molar-refractivity contribution >= 4 is 5.91 Å². The topological polar surface area (TPSA) is 69.6 Å². The molecule has 0 radical (unpaired) electrons. The van der Waals surface area contributed by atoms with Gasteiger partial charge in [-0.15, -0.1) is 0 Å². The van der Waals surface area contributed by atoms with Crippen LogP contribution in [-0.4, -0.2) is 23.3 Å². The van der Waals surface area contributed by atoms with Crippen molar-refractivity contribution in [2.75, 3.05) is 6.79 Å². The molecule has 6 nitrogen and oxygen atoms in total. The number of hydrogen-bond acceptors (Lipinski definition) is 4. The number of carbonyl (C=O) groups is 1. The van der Waals surface area contributed by atoms with Crippen molar-refractivity contribution in [2.45, 2.75) is 32.2 Å². The van der Waals surface area contributed by atoms with Gasteiger partial charge >= 0.3 is 0 Å². The number of carbonyl (C=O) groups excluding carboxylic acids is 1. The highest BCUT2D eigenvalue weighted by Crippen LogP contribution is 2.33. The van der Waals surface area contributed by atoms with Crippen LogP contribution in [0.2, 0.25) is 0 Å². The van der Waals surface area contributed by atoms with Gasteiger partial charge in [-0.2, -0.15) is 0 Å². The Morgan fingerprint density at radius 1 is 1.23 bits per heavy atom. The zero-order valence-corrected chi connectivity index (χ0v) is 14.5. The number of hydrogen-bond donors (Lipinski definition) is 1. The third-order valence-corrected chi connectivity index (χ3v) is 4.73. The number of nitrogens with zero attached hydrogens (tertiary/aromatic N) is 1. The second-order valence-electron chi connectivity index (χ2n) is 6.53. The fraction of sp³-hybridized carbons (Fsp3) is 0.300. The highest BCUT2D eigenvalue weighted by Gasteiger charge is 2.20. The molecule has 2 aliphatic rings. The van der Waals surface area contributed by atoms with E-state index in [0.29, 0.717) is 22.7 Å². The first kappa shape index (κ1) is 16.4. The molecule has 1 amide bonds. The predicted octanol–water partition coefficient (Wildman–Crippen LogP) is 2.71. The van der Waals surface area contributed by atoms with Crippen LogP contribution in [0.3, 0.4) is 0 Å². The van der Waals surface area contributed by atoms with Gasteiger partial charge in [-0.25, -0.2) is 0 Å². The van der Waals surface area contributed by atoms with E-state index in [0.717, 1.165) is 19.3 Å². The standard InChI is InChI=1S/C20H20N2O4/c1-13-9-10-22(15-7-8-16-17(11-15)26-12-25-16)20(24)18(13)19(23)21-14-5-3-2-4-6-14/h3,5,7-11,14H,2,4,6,12H2,1H3,(H,21,23). The Bertz CT molecular complexity index is 945. The Morgan fingerprint density at radius 2 is 2.08 bits per heavy atom. The van der Waals surface area contributed by atoms with Crippen LogP contribution in [0.5, 0.6) is 11.5 Å². The number of aryl methyl sites for hydroxylation is 1. The maximum atomic E-state index is 13.0. The zero-order chi connectivity index (χ0) is 18.1. The maximum absolute atomic E-state index is 13.0. The van der Waals surface area contributed by atoms with Gasteiger partial charge in [-0.05, 0) is 49.9 Å².